The lowest BCUT2D eigenvalue weighted by molar-refractivity contribution is -0.148. The molecule has 146 valence electrons. The first-order valence-corrected chi connectivity index (χ1v) is 8.64. The van der Waals surface area contributed by atoms with E-state index in [0.717, 1.165) is 17.4 Å². The van der Waals surface area contributed by atoms with Crippen LogP contribution in [0.3, 0.4) is 0 Å². The van der Waals surface area contributed by atoms with E-state index in [1.165, 1.54) is 0 Å². The summed E-state index contributed by atoms with van der Waals surface area (Å²) in [5.74, 6) is 0. The SMILES string of the molecule is CC(F)(F)N(Cc1ccccc1)CC(O)C(Cc1ccccc1)NC(=O)O. The molecule has 0 saturated carbocycles. The van der Waals surface area contributed by atoms with E-state index >= 15 is 0 Å². The smallest absolute Gasteiger partial charge is 0.404 e. The predicted molar refractivity (Wildman–Crippen MR) is 98.6 cm³/mol. The number of nitrogens with zero attached hydrogens (tertiary/aromatic N) is 1. The van der Waals surface area contributed by atoms with Gasteiger partial charge in [-0.25, -0.2) is 9.69 Å². The Balaban J connectivity index is 2.13. The quantitative estimate of drug-likeness (QED) is 0.585. The fraction of sp³-hybridized carbons (Fsp3) is 0.350. The van der Waals surface area contributed by atoms with Gasteiger partial charge in [-0.2, -0.15) is 8.78 Å². The lowest BCUT2D eigenvalue weighted by Crippen LogP contribution is -2.52. The van der Waals surface area contributed by atoms with Gasteiger partial charge in [0.2, 0.25) is 0 Å². The summed E-state index contributed by atoms with van der Waals surface area (Å²) in [7, 11) is 0. The van der Waals surface area contributed by atoms with Crippen LogP contribution in [-0.2, 0) is 13.0 Å². The maximum Gasteiger partial charge on any atom is 0.404 e. The van der Waals surface area contributed by atoms with Crippen LogP contribution in [0.2, 0.25) is 0 Å². The number of aliphatic hydroxyl groups excluding tert-OH is 1. The highest BCUT2D eigenvalue weighted by Gasteiger charge is 2.34. The van der Waals surface area contributed by atoms with E-state index in [1.807, 2.05) is 6.07 Å². The van der Waals surface area contributed by atoms with Crippen molar-refractivity contribution in [3.05, 3.63) is 71.8 Å². The number of hydrogen-bond donors (Lipinski definition) is 3. The van der Waals surface area contributed by atoms with Crippen molar-refractivity contribution in [1.82, 2.24) is 10.2 Å². The summed E-state index contributed by atoms with van der Waals surface area (Å²) in [5.41, 5.74) is 1.48. The van der Waals surface area contributed by atoms with Crippen LogP contribution in [0.25, 0.3) is 0 Å². The molecule has 2 unspecified atom stereocenters. The molecule has 2 aromatic carbocycles. The summed E-state index contributed by atoms with van der Waals surface area (Å²) in [5, 5.41) is 21.8. The molecule has 0 aliphatic rings. The first-order valence-electron chi connectivity index (χ1n) is 8.64. The molecule has 0 fully saturated rings. The first kappa shape index (κ1) is 20.8. The lowest BCUT2D eigenvalue weighted by atomic mass is 10.0. The number of halogens is 2. The highest BCUT2D eigenvalue weighted by Crippen LogP contribution is 2.22. The molecule has 3 N–H and O–H groups in total. The molecule has 7 heteroatoms. The van der Waals surface area contributed by atoms with Gasteiger partial charge in [0.25, 0.3) is 0 Å². The molecule has 2 rings (SSSR count). The van der Waals surface area contributed by atoms with E-state index < -0.39 is 24.3 Å². The summed E-state index contributed by atoms with van der Waals surface area (Å²) < 4.78 is 28.1. The number of benzene rings is 2. The monoisotopic (exact) mass is 378 g/mol. The first-order chi connectivity index (χ1) is 12.8. The van der Waals surface area contributed by atoms with Gasteiger partial charge in [0.1, 0.15) is 0 Å². The Hall–Kier alpha value is -2.51. The average Bonchev–Trinajstić information content (AvgIpc) is 2.61. The average molecular weight is 378 g/mol. The number of carboxylic acid groups (broad SMARTS) is 1. The standard InChI is InChI=1S/C20H24F2N2O3/c1-20(21,22)24(13-16-10-6-3-7-11-16)14-18(25)17(23-19(26)27)12-15-8-4-2-5-9-15/h2-11,17-18,23,25H,12-14H2,1H3,(H,26,27). The molecule has 0 heterocycles. The molecule has 1 amide bonds. The Morgan fingerprint density at radius 1 is 1.07 bits per heavy atom. The predicted octanol–water partition coefficient (Wildman–Crippen LogP) is 3.34. The second-order valence-corrected chi connectivity index (χ2v) is 6.52. The van der Waals surface area contributed by atoms with Crippen LogP contribution in [0.1, 0.15) is 18.1 Å². The highest BCUT2D eigenvalue weighted by molar-refractivity contribution is 5.65. The minimum absolute atomic E-state index is 0.0630. The van der Waals surface area contributed by atoms with E-state index in [0.29, 0.717) is 5.56 Å². The Labute approximate surface area is 157 Å². The van der Waals surface area contributed by atoms with E-state index in [4.69, 9.17) is 5.11 Å². The van der Waals surface area contributed by atoms with Gasteiger partial charge < -0.3 is 15.5 Å². The maximum atomic E-state index is 14.1. The van der Waals surface area contributed by atoms with Gasteiger partial charge in [0.15, 0.2) is 0 Å². The van der Waals surface area contributed by atoms with Crippen LogP contribution in [-0.4, -0.2) is 45.9 Å². The van der Waals surface area contributed by atoms with Crippen LogP contribution in [0.15, 0.2) is 60.7 Å². The Bertz CT molecular complexity index is 708. The number of hydrogen-bond acceptors (Lipinski definition) is 3. The normalized spacial score (nSPS) is 14.0. The molecule has 0 spiro atoms. The van der Waals surface area contributed by atoms with Crippen molar-refractivity contribution in [1.29, 1.82) is 0 Å². The van der Waals surface area contributed by atoms with E-state index in [9.17, 15) is 18.7 Å². The van der Waals surface area contributed by atoms with Crippen LogP contribution < -0.4 is 5.32 Å². The molecule has 0 aliphatic carbocycles. The van der Waals surface area contributed by atoms with E-state index in [2.05, 4.69) is 5.32 Å². The zero-order valence-electron chi connectivity index (χ0n) is 15.1. The van der Waals surface area contributed by atoms with Crippen molar-refractivity contribution < 1.29 is 23.8 Å². The summed E-state index contributed by atoms with van der Waals surface area (Å²) >= 11 is 0. The third-order valence-corrected chi connectivity index (χ3v) is 4.25. The van der Waals surface area contributed by atoms with Gasteiger partial charge in [0.05, 0.1) is 12.1 Å². The Morgan fingerprint density at radius 2 is 1.59 bits per heavy atom. The van der Waals surface area contributed by atoms with Gasteiger partial charge in [-0.15, -0.1) is 0 Å². The van der Waals surface area contributed by atoms with Gasteiger partial charge >= 0.3 is 12.1 Å². The molecule has 2 atom stereocenters. The third-order valence-electron chi connectivity index (χ3n) is 4.25. The second kappa shape index (κ2) is 9.43. The van der Waals surface area contributed by atoms with Gasteiger partial charge in [-0.1, -0.05) is 60.7 Å². The molecule has 0 saturated heterocycles. The number of alkyl halides is 2. The fourth-order valence-corrected chi connectivity index (χ4v) is 2.83. The maximum absolute atomic E-state index is 14.1. The molecular weight excluding hydrogens is 354 g/mol. The molecule has 0 bridgehead atoms. The van der Waals surface area contributed by atoms with Gasteiger partial charge in [-0.3, -0.25) is 0 Å². The fourth-order valence-electron chi connectivity index (χ4n) is 2.83. The van der Waals surface area contributed by atoms with Crippen molar-refractivity contribution in [3.63, 3.8) is 0 Å². The van der Waals surface area contributed by atoms with Crippen molar-refractivity contribution in [2.24, 2.45) is 0 Å². The summed E-state index contributed by atoms with van der Waals surface area (Å²) in [6, 6.07) is 13.6. The topological polar surface area (TPSA) is 72.8 Å². The zero-order valence-corrected chi connectivity index (χ0v) is 15.1. The summed E-state index contributed by atoms with van der Waals surface area (Å²) in [6.07, 6.45) is -2.42. The number of aliphatic hydroxyl groups is 1. The molecule has 2 aromatic rings. The lowest BCUT2D eigenvalue weighted by Gasteiger charge is -2.33. The zero-order chi connectivity index (χ0) is 19.9. The molecule has 27 heavy (non-hydrogen) atoms. The van der Waals surface area contributed by atoms with Crippen molar-refractivity contribution in [3.8, 4) is 0 Å². The van der Waals surface area contributed by atoms with Crippen molar-refractivity contribution >= 4 is 6.09 Å². The molecular formula is C20H24F2N2O3. The minimum Gasteiger partial charge on any atom is -0.465 e. The number of amides is 1. The third kappa shape index (κ3) is 6.96. The van der Waals surface area contributed by atoms with Crippen LogP contribution in [0.4, 0.5) is 13.6 Å². The Morgan fingerprint density at radius 3 is 2.07 bits per heavy atom. The number of rotatable bonds is 9. The van der Waals surface area contributed by atoms with Crippen molar-refractivity contribution in [2.45, 2.75) is 38.1 Å². The summed E-state index contributed by atoms with van der Waals surface area (Å²) in [4.78, 5) is 11.9. The van der Waals surface area contributed by atoms with Crippen LogP contribution in [0.5, 0.6) is 0 Å². The van der Waals surface area contributed by atoms with Gasteiger partial charge in [-0.05, 0) is 17.5 Å². The Kier molecular flexibility index (Phi) is 7.27. The minimum atomic E-state index is -3.17. The molecule has 0 aromatic heterocycles. The molecule has 5 nitrogen and oxygen atoms in total. The van der Waals surface area contributed by atoms with E-state index in [-0.39, 0.29) is 19.5 Å². The molecule has 0 aliphatic heterocycles. The number of nitrogens with one attached hydrogen (secondary N) is 1. The van der Waals surface area contributed by atoms with Crippen LogP contribution >= 0.6 is 0 Å². The van der Waals surface area contributed by atoms with E-state index in [1.54, 1.807) is 54.6 Å². The number of carbonyl (C=O) groups is 1. The molecule has 0 radical (unpaired) electrons. The van der Waals surface area contributed by atoms with Crippen molar-refractivity contribution in [2.75, 3.05) is 6.54 Å². The van der Waals surface area contributed by atoms with Crippen LogP contribution in [0, 0.1) is 0 Å². The largest absolute Gasteiger partial charge is 0.465 e. The highest BCUT2D eigenvalue weighted by atomic mass is 19.3. The van der Waals surface area contributed by atoms with Gasteiger partial charge in [0, 0.05) is 20.0 Å². The second-order valence-electron chi connectivity index (χ2n) is 6.52. The summed E-state index contributed by atoms with van der Waals surface area (Å²) in [6.45, 7) is 0.322.